The summed E-state index contributed by atoms with van der Waals surface area (Å²) in [6.45, 7) is 3.26. The Morgan fingerprint density at radius 3 is 2.73 bits per heavy atom. The number of nitrogens with zero attached hydrogens (tertiary/aromatic N) is 3. The number of aromatic nitrogens is 2. The van der Waals surface area contributed by atoms with Crippen LogP contribution in [0.3, 0.4) is 0 Å². The van der Waals surface area contributed by atoms with Crippen LogP contribution in [0.4, 0.5) is 0 Å². The maximum Gasteiger partial charge on any atom is 0.271 e. The van der Waals surface area contributed by atoms with E-state index in [-0.39, 0.29) is 17.6 Å². The Morgan fingerprint density at radius 2 is 2.03 bits per heavy atom. The lowest BCUT2D eigenvalue weighted by atomic mass is 9.88. The molecule has 7 heteroatoms. The molecule has 0 bridgehead atoms. The van der Waals surface area contributed by atoms with Gasteiger partial charge < -0.3 is 10.1 Å². The Hall–Kier alpha value is -2.15. The van der Waals surface area contributed by atoms with E-state index in [1.807, 2.05) is 24.3 Å². The Balaban J connectivity index is 1.22. The Kier molecular flexibility index (Phi) is 6.56. The molecule has 2 aliphatic heterocycles. The summed E-state index contributed by atoms with van der Waals surface area (Å²) in [4.78, 5) is 14.6. The molecule has 0 saturated carbocycles. The topological polar surface area (TPSA) is 59.4 Å². The Labute approximate surface area is 182 Å². The van der Waals surface area contributed by atoms with Crippen LogP contribution in [-0.4, -0.2) is 58.5 Å². The molecule has 1 unspecified atom stereocenters. The minimum absolute atomic E-state index is 0.0491. The number of carbonyl (C=O) groups excluding carboxylic acids is 1. The maximum atomic E-state index is 12.2. The van der Waals surface area contributed by atoms with Crippen molar-refractivity contribution in [2.75, 3.05) is 26.2 Å². The number of aryl methyl sites for hydroxylation is 1. The molecular formula is C23H29ClN4O2. The molecule has 4 rings (SSSR count). The van der Waals surface area contributed by atoms with Crippen LogP contribution in [0.2, 0.25) is 0 Å². The lowest BCUT2D eigenvalue weighted by molar-refractivity contribution is -0.0741. The van der Waals surface area contributed by atoms with Gasteiger partial charge in [0.15, 0.2) is 0 Å². The van der Waals surface area contributed by atoms with Gasteiger partial charge in [0.2, 0.25) is 0 Å². The van der Waals surface area contributed by atoms with Gasteiger partial charge in [-0.2, -0.15) is 5.10 Å². The summed E-state index contributed by atoms with van der Waals surface area (Å²) in [6, 6.07) is 11.9. The number of rotatable bonds is 6. The largest absolute Gasteiger partial charge is 0.370 e. The van der Waals surface area contributed by atoms with Gasteiger partial charge >= 0.3 is 0 Å². The molecule has 3 heterocycles. The molecule has 1 amide bonds. The Bertz CT molecular complexity index is 888. The molecule has 160 valence electrons. The summed E-state index contributed by atoms with van der Waals surface area (Å²) in [5.74, 6) is -0.144. The predicted molar refractivity (Wildman–Crippen MR) is 118 cm³/mol. The zero-order valence-corrected chi connectivity index (χ0v) is 18.1. The average molecular weight is 429 g/mol. The van der Waals surface area contributed by atoms with Crippen molar-refractivity contribution in [3.05, 3.63) is 58.9 Å². The number of ether oxygens (including phenoxy) is 1. The van der Waals surface area contributed by atoms with Gasteiger partial charge in [-0.1, -0.05) is 41.9 Å². The van der Waals surface area contributed by atoms with E-state index in [9.17, 15) is 4.79 Å². The second-order valence-electron chi connectivity index (χ2n) is 8.32. The van der Waals surface area contributed by atoms with E-state index < -0.39 is 0 Å². The first-order chi connectivity index (χ1) is 14.5. The van der Waals surface area contributed by atoms with Crippen molar-refractivity contribution in [1.29, 1.82) is 0 Å². The van der Waals surface area contributed by atoms with E-state index in [2.05, 4.69) is 27.4 Å². The molecule has 1 atom stereocenters. The van der Waals surface area contributed by atoms with Gasteiger partial charge in [-0.15, -0.1) is 0 Å². The quantitative estimate of drug-likeness (QED) is 0.765. The average Bonchev–Trinajstić information content (AvgIpc) is 3.35. The lowest BCUT2D eigenvalue weighted by Crippen LogP contribution is -2.45. The van der Waals surface area contributed by atoms with E-state index in [0.717, 1.165) is 55.9 Å². The van der Waals surface area contributed by atoms with Crippen LogP contribution in [0.25, 0.3) is 6.08 Å². The zero-order chi connectivity index (χ0) is 21.0. The molecule has 6 nitrogen and oxygen atoms in total. The van der Waals surface area contributed by atoms with Crippen molar-refractivity contribution in [3.8, 4) is 0 Å². The van der Waals surface area contributed by atoms with Crippen LogP contribution < -0.4 is 5.32 Å². The van der Waals surface area contributed by atoms with Crippen molar-refractivity contribution in [3.63, 3.8) is 0 Å². The smallest absolute Gasteiger partial charge is 0.271 e. The van der Waals surface area contributed by atoms with Gasteiger partial charge in [0.25, 0.3) is 5.91 Å². The predicted octanol–water partition coefficient (Wildman–Crippen LogP) is 3.44. The highest BCUT2D eigenvalue weighted by Gasteiger charge is 2.42. The van der Waals surface area contributed by atoms with Gasteiger partial charge in [-0.05, 0) is 43.4 Å². The summed E-state index contributed by atoms with van der Waals surface area (Å²) < 4.78 is 8.05. The van der Waals surface area contributed by atoms with Crippen molar-refractivity contribution >= 4 is 23.6 Å². The normalized spacial score (nSPS) is 21.8. The molecule has 1 aromatic carbocycles. The molecule has 30 heavy (non-hydrogen) atoms. The van der Waals surface area contributed by atoms with E-state index >= 15 is 0 Å². The molecule has 1 spiro atoms. The molecule has 1 aromatic heterocycles. The third-order valence-electron chi connectivity index (χ3n) is 6.04. The number of hydrogen-bond donors (Lipinski definition) is 1. The highest BCUT2D eigenvalue weighted by atomic mass is 35.5. The first-order valence-corrected chi connectivity index (χ1v) is 11.0. The van der Waals surface area contributed by atoms with Gasteiger partial charge in [0.1, 0.15) is 5.69 Å². The summed E-state index contributed by atoms with van der Waals surface area (Å²) in [7, 11) is 1.80. The Morgan fingerprint density at radius 1 is 1.27 bits per heavy atom. The van der Waals surface area contributed by atoms with Crippen LogP contribution in [0.15, 0.2) is 47.6 Å². The minimum atomic E-state index is -0.144. The van der Waals surface area contributed by atoms with Crippen molar-refractivity contribution in [1.82, 2.24) is 20.0 Å². The van der Waals surface area contributed by atoms with Crippen LogP contribution in [0, 0.1) is 0 Å². The fourth-order valence-corrected chi connectivity index (χ4v) is 4.64. The number of likely N-dealkylation sites (tertiary alicyclic amines) is 1. The summed E-state index contributed by atoms with van der Waals surface area (Å²) in [5, 5.41) is 7.96. The number of piperidine rings is 1. The number of halogens is 1. The second-order valence-corrected chi connectivity index (χ2v) is 8.81. The monoisotopic (exact) mass is 428 g/mol. The fourth-order valence-electron chi connectivity index (χ4n) is 4.35. The second kappa shape index (κ2) is 9.33. The summed E-state index contributed by atoms with van der Waals surface area (Å²) in [5.41, 5.74) is 1.52. The van der Waals surface area contributed by atoms with Crippen molar-refractivity contribution in [2.24, 2.45) is 7.05 Å². The highest BCUT2D eigenvalue weighted by molar-refractivity contribution is 6.31. The molecule has 2 fully saturated rings. The van der Waals surface area contributed by atoms with Gasteiger partial charge in [-0.3, -0.25) is 14.4 Å². The number of benzene rings is 1. The highest BCUT2D eigenvalue weighted by Crippen LogP contribution is 2.39. The number of hydrogen-bond acceptors (Lipinski definition) is 4. The van der Waals surface area contributed by atoms with Crippen molar-refractivity contribution < 1.29 is 9.53 Å². The van der Waals surface area contributed by atoms with E-state index in [4.69, 9.17) is 16.3 Å². The molecular weight excluding hydrogens is 400 g/mol. The van der Waals surface area contributed by atoms with Crippen LogP contribution >= 0.6 is 11.6 Å². The van der Waals surface area contributed by atoms with Crippen LogP contribution in [-0.2, 0) is 11.8 Å². The molecule has 1 N–H and O–H groups in total. The molecule has 2 aliphatic rings. The summed E-state index contributed by atoms with van der Waals surface area (Å²) in [6.07, 6.45) is 7.94. The SMILES string of the molecule is Cn1ccc(C(=O)NCC2CCC3(CCN(CC(Cl)=Cc4ccccc4)CC3)O2)n1. The van der Waals surface area contributed by atoms with Crippen molar-refractivity contribution in [2.45, 2.75) is 37.4 Å². The minimum Gasteiger partial charge on any atom is -0.370 e. The van der Waals surface area contributed by atoms with Crippen LogP contribution in [0.1, 0.15) is 41.7 Å². The molecule has 0 aliphatic carbocycles. The number of carbonyl (C=O) groups is 1. The molecule has 2 saturated heterocycles. The third-order valence-corrected chi connectivity index (χ3v) is 6.27. The molecule has 2 aromatic rings. The third kappa shape index (κ3) is 5.31. The fraction of sp³-hybridized carbons (Fsp3) is 0.478. The van der Waals surface area contributed by atoms with Gasteiger partial charge in [0.05, 0.1) is 11.7 Å². The molecule has 0 radical (unpaired) electrons. The van der Waals surface area contributed by atoms with Gasteiger partial charge in [-0.25, -0.2) is 0 Å². The first-order valence-electron chi connectivity index (χ1n) is 10.6. The number of amides is 1. The lowest BCUT2D eigenvalue weighted by Gasteiger charge is -2.39. The zero-order valence-electron chi connectivity index (χ0n) is 17.4. The number of nitrogens with one attached hydrogen (secondary N) is 1. The standard InChI is InChI=1S/C23H29ClN4O2/c1-27-12-8-21(26-27)22(29)25-16-20-7-9-23(30-20)10-13-28(14-11-23)17-19(24)15-18-5-3-2-4-6-18/h2-6,8,12,15,20H,7,9-11,13-14,16-17H2,1H3,(H,25,29). The van der Waals surface area contributed by atoms with Crippen LogP contribution in [0.5, 0.6) is 0 Å². The first kappa shape index (κ1) is 21.1. The van der Waals surface area contributed by atoms with Gasteiger partial charge in [0, 0.05) is 44.5 Å². The van der Waals surface area contributed by atoms with E-state index in [1.165, 1.54) is 0 Å². The summed E-state index contributed by atoms with van der Waals surface area (Å²) >= 11 is 6.49. The van der Waals surface area contributed by atoms with E-state index in [0.29, 0.717) is 12.2 Å². The maximum absolute atomic E-state index is 12.2. The van der Waals surface area contributed by atoms with E-state index in [1.54, 1.807) is 24.0 Å².